The molecule has 7 heteroatoms. The molecule has 6 nitrogen and oxygen atoms in total. The van der Waals surface area contributed by atoms with E-state index < -0.39 is 22.0 Å². The zero-order valence-corrected chi connectivity index (χ0v) is 12.8. The molecule has 0 saturated heterocycles. The van der Waals surface area contributed by atoms with Gasteiger partial charge in [0.25, 0.3) is 0 Å². The van der Waals surface area contributed by atoms with E-state index >= 15 is 0 Å². The van der Waals surface area contributed by atoms with Crippen molar-refractivity contribution in [1.82, 2.24) is 4.72 Å². The molecule has 1 aromatic carbocycles. The van der Waals surface area contributed by atoms with Crippen LogP contribution in [0, 0.1) is 18.3 Å². The number of carbonyl (C=O) groups is 1. The van der Waals surface area contributed by atoms with Crippen LogP contribution in [0.25, 0.3) is 0 Å². The molecule has 0 aromatic heterocycles. The first-order valence-corrected chi connectivity index (χ1v) is 8.03. The van der Waals surface area contributed by atoms with Gasteiger partial charge in [-0.15, -0.1) is 0 Å². The summed E-state index contributed by atoms with van der Waals surface area (Å²) in [5, 5.41) is 17.6. The van der Waals surface area contributed by atoms with Crippen molar-refractivity contribution in [3.8, 4) is 6.07 Å². The van der Waals surface area contributed by atoms with Crippen LogP contribution in [-0.4, -0.2) is 25.5 Å². The van der Waals surface area contributed by atoms with Crippen LogP contribution < -0.4 is 4.72 Å². The minimum atomic E-state index is -3.81. The van der Waals surface area contributed by atoms with Crippen molar-refractivity contribution in [3.05, 3.63) is 29.3 Å². The first-order chi connectivity index (χ1) is 9.80. The predicted octanol–water partition coefficient (Wildman–Crippen LogP) is 1.79. The highest BCUT2D eigenvalue weighted by molar-refractivity contribution is 7.89. The SMILES string of the molecule is CCCC(CC(=O)O)NS(=O)(=O)c1ccc(C#N)cc1C. The molecule has 0 aliphatic heterocycles. The topological polar surface area (TPSA) is 107 Å². The number of aliphatic carboxylic acids is 1. The average Bonchev–Trinajstić information content (AvgIpc) is 2.37. The third-order valence-electron chi connectivity index (χ3n) is 2.97. The first kappa shape index (κ1) is 17.1. The molecule has 2 N–H and O–H groups in total. The molecule has 0 bridgehead atoms. The summed E-state index contributed by atoms with van der Waals surface area (Å²) in [6.07, 6.45) is 0.857. The van der Waals surface area contributed by atoms with Crippen molar-refractivity contribution in [2.24, 2.45) is 0 Å². The fraction of sp³-hybridized carbons (Fsp3) is 0.429. The Bertz CT molecular complexity index is 662. The number of rotatable bonds is 7. The van der Waals surface area contributed by atoms with Crippen molar-refractivity contribution in [2.75, 3.05) is 0 Å². The number of hydrogen-bond donors (Lipinski definition) is 2. The molecule has 0 fully saturated rings. The molecule has 0 saturated carbocycles. The lowest BCUT2D eigenvalue weighted by Crippen LogP contribution is -2.36. The Hall–Kier alpha value is -1.91. The Morgan fingerprint density at radius 2 is 2.14 bits per heavy atom. The Morgan fingerprint density at radius 3 is 2.62 bits per heavy atom. The van der Waals surface area contributed by atoms with E-state index in [1.54, 1.807) is 6.92 Å². The average molecular weight is 310 g/mol. The van der Waals surface area contributed by atoms with Gasteiger partial charge in [-0.3, -0.25) is 4.79 Å². The molecule has 0 amide bonds. The number of aryl methyl sites for hydroxylation is 1. The molecule has 0 radical (unpaired) electrons. The molecule has 21 heavy (non-hydrogen) atoms. The van der Waals surface area contributed by atoms with Crippen molar-refractivity contribution in [3.63, 3.8) is 0 Å². The maximum absolute atomic E-state index is 12.3. The summed E-state index contributed by atoms with van der Waals surface area (Å²) in [6, 6.07) is 5.57. The molecule has 1 atom stereocenters. The lowest BCUT2D eigenvalue weighted by atomic mass is 10.1. The summed E-state index contributed by atoms with van der Waals surface area (Å²) in [4.78, 5) is 10.8. The molecule has 1 rings (SSSR count). The highest BCUT2D eigenvalue weighted by Crippen LogP contribution is 2.18. The van der Waals surface area contributed by atoms with E-state index in [1.165, 1.54) is 18.2 Å². The van der Waals surface area contributed by atoms with Crippen LogP contribution >= 0.6 is 0 Å². The van der Waals surface area contributed by atoms with Gasteiger partial charge in [0.1, 0.15) is 0 Å². The van der Waals surface area contributed by atoms with Crippen LogP contribution in [0.4, 0.5) is 0 Å². The van der Waals surface area contributed by atoms with E-state index in [9.17, 15) is 13.2 Å². The van der Waals surface area contributed by atoms with Gasteiger partial charge < -0.3 is 5.11 Å². The van der Waals surface area contributed by atoms with Gasteiger partial charge in [-0.2, -0.15) is 5.26 Å². The van der Waals surface area contributed by atoms with Gasteiger partial charge in [-0.25, -0.2) is 13.1 Å². The van der Waals surface area contributed by atoms with Gasteiger partial charge in [0, 0.05) is 6.04 Å². The second kappa shape index (κ2) is 7.20. The van der Waals surface area contributed by atoms with E-state index in [0.717, 1.165) is 0 Å². The molecule has 0 heterocycles. The number of nitrogens with one attached hydrogen (secondary N) is 1. The van der Waals surface area contributed by atoms with Gasteiger partial charge in [0.05, 0.1) is 22.9 Å². The van der Waals surface area contributed by atoms with Crippen molar-refractivity contribution < 1.29 is 18.3 Å². The standard InChI is InChI=1S/C14H18N2O4S/c1-3-4-12(8-14(17)18)16-21(19,20)13-6-5-11(9-15)7-10(13)2/h5-7,12,16H,3-4,8H2,1-2H3,(H,17,18). The van der Waals surface area contributed by atoms with Gasteiger partial charge in [0.15, 0.2) is 0 Å². The lowest BCUT2D eigenvalue weighted by molar-refractivity contribution is -0.137. The monoisotopic (exact) mass is 310 g/mol. The Balaban J connectivity index is 3.04. The van der Waals surface area contributed by atoms with Crippen LogP contribution in [0.1, 0.15) is 37.3 Å². The van der Waals surface area contributed by atoms with Gasteiger partial charge in [-0.1, -0.05) is 13.3 Å². The minimum Gasteiger partial charge on any atom is -0.481 e. The minimum absolute atomic E-state index is 0.0630. The Labute approximate surface area is 124 Å². The smallest absolute Gasteiger partial charge is 0.304 e. The summed E-state index contributed by atoms with van der Waals surface area (Å²) in [5.74, 6) is -1.05. The van der Waals surface area contributed by atoms with E-state index in [2.05, 4.69) is 4.72 Å². The highest BCUT2D eigenvalue weighted by Gasteiger charge is 2.23. The van der Waals surface area contributed by atoms with Gasteiger partial charge in [-0.05, 0) is 37.1 Å². The van der Waals surface area contributed by atoms with Crippen LogP contribution in [0.3, 0.4) is 0 Å². The number of carboxylic acid groups (broad SMARTS) is 1. The van der Waals surface area contributed by atoms with E-state index in [-0.39, 0.29) is 11.3 Å². The number of hydrogen-bond acceptors (Lipinski definition) is 4. The van der Waals surface area contributed by atoms with Crippen LogP contribution in [0.15, 0.2) is 23.1 Å². The number of benzene rings is 1. The Kier molecular flexibility index (Phi) is 5.88. The number of carboxylic acids is 1. The quantitative estimate of drug-likeness (QED) is 0.798. The molecule has 0 aliphatic rings. The number of nitriles is 1. The maximum Gasteiger partial charge on any atom is 0.304 e. The molecule has 0 aliphatic carbocycles. The molecular formula is C14H18N2O4S. The van der Waals surface area contributed by atoms with Crippen molar-refractivity contribution in [2.45, 2.75) is 44.0 Å². The van der Waals surface area contributed by atoms with Crippen LogP contribution in [0.2, 0.25) is 0 Å². The number of sulfonamides is 1. The third-order valence-corrected chi connectivity index (χ3v) is 4.65. The van der Waals surface area contributed by atoms with Crippen molar-refractivity contribution in [1.29, 1.82) is 5.26 Å². The number of nitrogens with zero attached hydrogens (tertiary/aromatic N) is 1. The zero-order chi connectivity index (χ0) is 16.0. The lowest BCUT2D eigenvalue weighted by Gasteiger charge is -2.17. The predicted molar refractivity (Wildman–Crippen MR) is 77.2 cm³/mol. The molecule has 1 unspecified atom stereocenters. The highest BCUT2D eigenvalue weighted by atomic mass is 32.2. The zero-order valence-electron chi connectivity index (χ0n) is 12.0. The molecular weight excluding hydrogens is 292 g/mol. The normalized spacial score (nSPS) is 12.6. The molecule has 1 aromatic rings. The Morgan fingerprint density at radius 1 is 1.48 bits per heavy atom. The van der Waals surface area contributed by atoms with Crippen LogP contribution in [0.5, 0.6) is 0 Å². The maximum atomic E-state index is 12.3. The van der Waals surface area contributed by atoms with E-state index in [4.69, 9.17) is 10.4 Å². The van der Waals surface area contributed by atoms with E-state index in [1.807, 2.05) is 13.0 Å². The summed E-state index contributed by atoms with van der Waals surface area (Å²) >= 11 is 0. The second-order valence-corrected chi connectivity index (χ2v) is 6.48. The van der Waals surface area contributed by atoms with E-state index in [0.29, 0.717) is 24.0 Å². The fourth-order valence-corrected chi connectivity index (χ4v) is 3.56. The van der Waals surface area contributed by atoms with Crippen LogP contribution in [-0.2, 0) is 14.8 Å². The van der Waals surface area contributed by atoms with Gasteiger partial charge in [0.2, 0.25) is 10.0 Å². The largest absolute Gasteiger partial charge is 0.481 e. The summed E-state index contributed by atoms with van der Waals surface area (Å²) < 4.78 is 27.1. The van der Waals surface area contributed by atoms with Gasteiger partial charge >= 0.3 is 5.97 Å². The first-order valence-electron chi connectivity index (χ1n) is 6.55. The summed E-state index contributed by atoms with van der Waals surface area (Å²) in [6.45, 7) is 3.46. The third kappa shape index (κ3) is 4.85. The summed E-state index contributed by atoms with van der Waals surface area (Å²) in [7, 11) is -3.81. The molecule has 114 valence electrons. The second-order valence-electron chi connectivity index (χ2n) is 4.80. The van der Waals surface area contributed by atoms with Crippen molar-refractivity contribution >= 4 is 16.0 Å². The summed E-state index contributed by atoms with van der Waals surface area (Å²) in [5.41, 5.74) is 0.828. The molecule has 0 spiro atoms. The fourth-order valence-electron chi connectivity index (χ4n) is 2.07.